The van der Waals surface area contributed by atoms with Gasteiger partial charge in [0.05, 0.1) is 18.2 Å². The molecule has 102 valence electrons. The van der Waals surface area contributed by atoms with Crippen LogP contribution in [0.5, 0.6) is 0 Å². The Morgan fingerprint density at radius 3 is 2.63 bits per heavy atom. The minimum absolute atomic E-state index is 0.0431. The van der Waals surface area contributed by atoms with Gasteiger partial charge < -0.3 is 9.80 Å². The molecule has 0 fully saturated rings. The smallest absolute Gasteiger partial charge is 0.224 e. The molecule has 4 nitrogen and oxygen atoms in total. The fourth-order valence-corrected chi connectivity index (χ4v) is 1.68. The lowest BCUT2D eigenvalue weighted by atomic mass is 10.2. The average molecular weight is 263 g/mol. The van der Waals surface area contributed by atoms with Gasteiger partial charge in [-0.25, -0.2) is 4.39 Å². The Balaban J connectivity index is 2.47. The number of carbonyl (C=O) groups excluding carboxylic acids is 1. The van der Waals surface area contributed by atoms with Crippen molar-refractivity contribution in [3.05, 3.63) is 30.1 Å². The lowest BCUT2D eigenvalue weighted by molar-refractivity contribution is -0.129. The molecule has 5 heteroatoms. The molecule has 19 heavy (non-hydrogen) atoms. The maximum absolute atomic E-state index is 13.5. The minimum atomic E-state index is -0.296. The second-order valence-electron chi connectivity index (χ2n) is 4.35. The van der Waals surface area contributed by atoms with Gasteiger partial charge in [0.25, 0.3) is 0 Å². The van der Waals surface area contributed by atoms with Crippen molar-refractivity contribution >= 4 is 11.6 Å². The van der Waals surface area contributed by atoms with Gasteiger partial charge in [0.15, 0.2) is 0 Å². The van der Waals surface area contributed by atoms with Crippen molar-refractivity contribution in [1.29, 1.82) is 5.26 Å². The third kappa shape index (κ3) is 4.59. The van der Waals surface area contributed by atoms with Crippen LogP contribution in [-0.2, 0) is 4.79 Å². The van der Waals surface area contributed by atoms with Gasteiger partial charge in [-0.15, -0.1) is 0 Å². The molecule has 0 unspecified atom stereocenters. The monoisotopic (exact) mass is 263 g/mol. The van der Waals surface area contributed by atoms with E-state index < -0.39 is 0 Å². The fraction of sp³-hybridized carbons (Fsp3) is 0.429. The minimum Gasteiger partial charge on any atom is -0.372 e. The number of anilines is 1. The van der Waals surface area contributed by atoms with Gasteiger partial charge in [-0.1, -0.05) is 12.1 Å². The molecule has 1 aromatic carbocycles. The summed E-state index contributed by atoms with van der Waals surface area (Å²) in [6.45, 7) is 0.870. The van der Waals surface area contributed by atoms with Crippen molar-refractivity contribution in [2.75, 3.05) is 32.1 Å². The first-order valence-corrected chi connectivity index (χ1v) is 6.13. The number of rotatable bonds is 6. The molecule has 1 amide bonds. The molecule has 0 atom stereocenters. The molecule has 0 aliphatic carbocycles. The van der Waals surface area contributed by atoms with Crippen LogP contribution >= 0.6 is 0 Å². The highest BCUT2D eigenvalue weighted by Crippen LogP contribution is 2.17. The highest BCUT2D eigenvalue weighted by Gasteiger charge is 2.11. The molecule has 0 N–H and O–H groups in total. The zero-order valence-corrected chi connectivity index (χ0v) is 11.3. The van der Waals surface area contributed by atoms with E-state index >= 15 is 0 Å². The third-order valence-corrected chi connectivity index (χ3v) is 2.91. The van der Waals surface area contributed by atoms with Crippen LogP contribution in [0, 0.1) is 17.1 Å². The van der Waals surface area contributed by atoms with Crippen LogP contribution in [0.15, 0.2) is 24.3 Å². The van der Waals surface area contributed by atoms with Crippen molar-refractivity contribution in [3.8, 4) is 6.07 Å². The number of para-hydroxylation sites is 1. The van der Waals surface area contributed by atoms with Crippen LogP contribution in [0.4, 0.5) is 10.1 Å². The Hall–Kier alpha value is -2.09. The lowest BCUT2D eigenvalue weighted by Crippen LogP contribution is -2.31. The summed E-state index contributed by atoms with van der Waals surface area (Å²) in [5.41, 5.74) is 0.481. The summed E-state index contributed by atoms with van der Waals surface area (Å²) >= 11 is 0. The highest BCUT2D eigenvalue weighted by molar-refractivity contribution is 5.76. The van der Waals surface area contributed by atoms with Gasteiger partial charge >= 0.3 is 0 Å². The summed E-state index contributed by atoms with van der Waals surface area (Å²) in [7, 11) is 3.42. The zero-order chi connectivity index (χ0) is 14.3. The van der Waals surface area contributed by atoms with Crippen LogP contribution in [-0.4, -0.2) is 38.0 Å². The predicted octanol–water partition coefficient (Wildman–Crippen LogP) is 2.02. The van der Waals surface area contributed by atoms with E-state index in [4.69, 9.17) is 5.26 Å². The lowest BCUT2D eigenvalue weighted by Gasteiger charge is -2.21. The summed E-state index contributed by atoms with van der Waals surface area (Å²) in [4.78, 5) is 15.0. The first-order chi connectivity index (χ1) is 9.06. The van der Waals surface area contributed by atoms with Crippen LogP contribution in [0.25, 0.3) is 0 Å². The predicted molar refractivity (Wildman–Crippen MR) is 72.2 cm³/mol. The molecule has 1 aromatic rings. The highest BCUT2D eigenvalue weighted by atomic mass is 19.1. The number of hydrogen-bond acceptors (Lipinski definition) is 3. The largest absolute Gasteiger partial charge is 0.372 e. The van der Waals surface area contributed by atoms with Crippen molar-refractivity contribution in [2.45, 2.75) is 12.8 Å². The zero-order valence-electron chi connectivity index (χ0n) is 11.3. The Kier molecular flexibility index (Phi) is 5.80. The number of amides is 1. The maximum Gasteiger partial charge on any atom is 0.224 e. The van der Waals surface area contributed by atoms with Gasteiger partial charge in [-0.3, -0.25) is 4.79 Å². The summed E-state index contributed by atoms with van der Waals surface area (Å²) in [5, 5.41) is 8.46. The van der Waals surface area contributed by atoms with Crippen LogP contribution in [0.2, 0.25) is 0 Å². The van der Waals surface area contributed by atoms with Gasteiger partial charge in [0, 0.05) is 33.6 Å². The molecular weight excluding hydrogens is 245 g/mol. The second kappa shape index (κ2) is 7.37. The van der Waals surface area contributed by atoms with E-state index in [-0.39, 0.29) is 11.7 Å². The first kappa shape index (κ1) is 15.0. The molecule has 0 radical (unpaired) electrons. The molecule has 0 aliphatic rings. The molecule has 0 bridgehead atoms. The number of nitriles is 1. The number of hydrogen-bond donors (Lipinski definition) is 0. The van der Waals surface area contributed by atoms with Gasteiger partial charge in [-0.05, 0) is 12.1 Å². The normalized spacial score (nSPS) is 9.79. The molecular formula is C14H18FN3O. The maximum atomic E-state index is 13.5. The van der Waals surface area contributed by atoms with Crippen LogP contribution in [0.3, 0.4) is 0 Å². The van der Waals surface area contributed by atoms with Crippen LogP contribution in [0.1, 0.15) is 12.8 Å². The van der Waals surface area contributed by atoms with E-state index in [0.29, 0.717) is 31.6 Å². The van der Waals surface area contributed by atoms with E-state index in [9.17, 15) is 9.18 Å². The Morgan fingerprint density at radius 2 is 2.00 bits per heavy atom. The number of benzene rings is 1. The molecule has 0 aliphatic heterocycles. The van der Waals surface area contributed by atoms with Gasteiger partial charge in [0.2, 0.25) is 5.91 Å². The molecule has 0 saturated carbocycles. The summed E-state index contributed by atoms with van der Waals surface area (Å²) in [6, 6.07) is 8.47. The molecule has 1 rings (SSSR count). The fourth-order valence-electron chi connectivity index (χ4n) is 1.68. The molecule has 0 spiro atoms. The third-order valence-electron chi connectivity index (χ3n) is 2.91. The van der Waals surface area contributed by atoms with E-state index in [2.05, 4.69) is 0 Å². The van der Waals surface area contributed by atoms with Gasteiger partial charge in [-0.2, -0.15) is 5.26 Å². The Bertz CT molecular complexity index is 470. The van der Waals surface area contributed by atoms with E-state index in [0.717, 1.165) is 0 Å². The topological polar surface area (TPSA) is 47.3 Å². The average Bonchev–Trinajstić information content (AvgIpc) is 2.42. The first-order valence-electron chi connectivity index (χ1n) is 6.13. The van der Waals surface area contributed by atoms with E-state index in [1.54, 1.807) is 37.2 Å². The van der Waals surface area contributed by atoms with Crippen molar-refractivity contribution in [2.24, 2.45) is 0 Å². The number of carbonyl (C=O) groups is 1. The van der Waals surface area contributed by atoms with Crippen molar-refractivity contribution in [3.63, 3.8) is 0 Å². The number of halogens is 1. The van der Waals surface area contributed by atoms with Crippen molar-refractivity contribution < 1.29 is 9.18 Å². The van der Waals surface area contributed by atoms with Crippen LogP contribution < -0.4 is 4.90 Å². The summed E-state index contributed by atoms with van der Waals surface area (Å²) in [6.07, 6.45) is 0.623. The Labute approximate surface area is 113 Å². The molecule has 0 saturated heterocycles. The summed E-state index contributed by atoms with van der Waals surface area (Å²) < 4.78 is 13.5. The Morgan fingerprint density at radius 1 is 1.32 bits per heavy atom. The summed E-state index contributed by atoms with van der Waals surface area (Å²) in [5.74, 6) is -0.339. The van der Waals surface area contributed by atoms with Gasteiger partial charge in [0.1, 0.15) is 5.82 Å². The quantitative estimate of drug-likeness (QED) is 0.789. The second-order valence-corrected chi connectivity index (χ2v) is 4.35. The molecule has 0 aromatic heterocycles. The standard InChI is InChI=1S/C14H18FN3O/c1-17(13-7-4-3-6-12(13)15)11-8-14(19)18(2)10-5-9-16/h3-4,6-7H,5,8,10-11H2,1-2H3. The van der Waals surface area contributed by atoms with E-state index in [1.165, 1.54) is 11.0 Å². The number of nitrogens with zero attached hydrogens (tertiary/aromatic N) is 3. The SMILES string of the molecule is CN(CCC#N)C(=O)CCN(C)c1ccccc1F. The van der Waals surface area contributed by atoms with E-state index in [1.807, 2.05) is 6.07 Å². The van der Waals surface area contributed by atoms with Crippen molar-refractivity contribution in [1.82, 2.24) is 4.90 Å². The molecule has 0 heterocycles.